The molecule has 0 heterocycles. The van der Waals surface area contributed by atoms with E-state index >= 15 is 0 Å². The molecule has 0 spiro atoms. The summed E-state index contributed by atoms with van der Waals surface area (Å²) in [5.74, 6) is 1.97. The van der Waals surface area contributed by atoms with Crippen LogP contribution in [0.5, 0.6) is 0 Å². The van der Waals surface area contributed by atoms with Gasteiger partial charge in [0, 0.05) is 13.2 Å². The van der Waals surface area contributed by atoms with E-state index in [9.17, 15) is 0 Å². The number of nitrogens with one attached hydrogen (secondary N) is 1. The topological polar surface area (TPSA) is 21.3 Å². The summed E-state index contributed by atoms with van der Waals surface area (Å²) < 4.78 is 5.75. The van der Waals surface area contributed by atoms with Crippen molar-refractivity contribution in [1.82, 2.24) is 5.32 Å². The van der Waals surface area contributed by atoms with Gasteiger partial charge in [0.15, 0.2) is 0 Å². The van der Waals surface area contributed by atoms with E-state index in [1.165, 1.54) is 12.0 Å². The zero-order valence-corrected chi connectivity index (χ0v) is 12.6. The fraction of sp³-hybridized carbons (Fsp3) is 0.647. The number of hydrogen-bond acceptors (Lipinski definition) is 2. The summed E-state index contributed by atoms with van der Waals surface area (Å²) in [7, 11) is 1.84. The first-order valence-corrected chi connectivity index (χ1v) is 7.50. The van der Waals surface area contributed by atoms with Crippen LogP contribution in [0.15, 0.2) is 30.3 Å². The van der Waals surface area contributed by atoms with E-state index in [-0.39, 0.29) is 0 Å². The lowest BCUT2D eigenvalue weighted by molar-refractivity contribution is 0.0265. The molecule has 0 amide bonds. The summed E-state index contributed by atoms with van der Waals surface area (Å²) in [5, 5.41) is 3.65. The summed E-state index contributed by atoms with van der Waals surface area (Å²) in [6, 6.07) is 11.4. The van der Waals surface area contributed by atoms with E-state index < -0.39 is 0 Å². The molecule has 1 saturated carbocycles. The average molecular weight is 261 g/mol. The fourth-order valence-electron chi connectivity index (χ4n) is 3.28. The molecule has 0 bridgehead atoms. The second-order valence-corrected chi connectivity index (χ2v) is 5.94. The summed E-state index contributed by atoms with van der Waals surface area (Å²) in [6.07, 6.45) is 1.59. The summed E-state index contributed by atoms with van der Waals surface area (Å²) in [6.45, 7) is 7.69. The maximum atomic E-state index is 5.75. The number of hydrogen-bond donors (Lipinski definition) is 1. The zero-order valence-electron chi connectivity index (χ0n) is 12.6. The fourth-order valence-corrected chi connectivity index (χ4v) is 3.28. The lowest BCUT2D eigenvalue weighted by atomic mass is 9.93. The van der Waals surface area contributed by atoms with Gasteiger partial charge in [-0.25, -0.2) is 0 Å². The zero-order chi connectivity index (χ0) is 13.8. The van der Waals surface area contributed by atoms with Gasteiger partial charge in [-0.1, -0.05) is 51.1 Å². The molecule has 1 aromatic carbocycles. The van der Waals surface area contributed by atoms with Gasteiger partial charge in [0.2, 0.25) is 0 Å². The molecular weight excluding hydrogens is 234 g/mol. The Morgan fingerprint density at radius 1 is 1.26 bits per heavy atom. The molecule has 1 aliphatic rings. The molecule has 1 aromatic rings. The third-order valence-corrected chi connectivity index (χ3v) is 4.25. The highest BCUT2D eigenvalue weighted by atomic mass is 16.5. The van der Waals surface area contributed by atoms with Crippen molar-refractivity contribution in [2.24, 2.45) is 11.8 Å². The lowest BCUT2D eigenvalue weighted by Gasteiger charge is -2.30. The number of benzene rings is 1. The van der Waals surface area contributed by atoms with Crippen molar-refractivity contribution < 1.29 is 4.74 Å². The van der Waals surface area contributed by atoms with E-state index in [4.69, 9.17) is 4.74 Å². The molecule has 0 aliphatic heterocycles. The number of methoxy groups -OCH3 is 1. The van der Waals surface area contributed by atoms with Gasteiger partial charge in [0.05, 0.1) is 6.10 Å². The second kappa shape index (κ2) is 6.53. The first-order valence-electron chi connectivity index (χ1n) is 7.50. The second-order valence-electron chi connectivity index (χ2n) is 5.94. The van der Waals surface area contributed by atoms with Crippen LogP contribution in [0.25, 0.3) is 0 Å². The molecule has 4 atom stereocenters. The predicted molar refractivity (Wildman–Crippen MR) is 80.4 cm³/mol. The van der Waals surface area contributed by atoms with Crippen molar-refractivity contribution in [3.63, 3.8) is 0 Å². The Morgan fingerprint density at radius 3 is 2.47 bits per heavy atom. The molecule has 2 rings (SSSR count). The van der Waals surface area contributed by atoms with Crippen LogP contribution >= 0.6 is 0 Å². The van der Waals surface area contributed by atoms with E-state index in [1.807, 2.05) is 7.11 Å². The molecule has 4 unspecified atom stereocenters. The van der Waals surface area contributed by atoms with Crippen LogP contribution in [0, 0.1) is 11.8 Å². The third-order valence-electron chi connectivity index (χ3n) is 4.25. The number of likely N-dealkylation sites (N-methyl/N-ethyl adjacent to an activating group) is 1. The predicted octanol–water partition coefficient (Wildman–Crippen LogP) is 3.44. The molecule has 0 radical (unpaired) electrons. The van der Waals surface area contributed by atoms with Gasteiger partial charge < -0.3 is 10.1 Å². The normalized spacial score (nSPS) is 25.3. The summed E-state index contributed by atoms with van der Waals surface area (Å²) >= 11 is 0. The van der Waals surface area contributed by atoms with Gasteiger partial charge in [0.1, 0.15) is 0 Å². The highest BCUT2D eigenvalue weighted by Crippen LogP contribution is 2.50. The van der Waals surface area contributed by atoms with Crippen LogP contribution in [0.4, 0.5) is 0 Å². The lowest BCUT2D eigenvalue weighted by Crippen LogP contribution is -2.45. The van der Waals surface area contributed by atoms with Crippen LogP contribution in [0.1, 0.15) is 38.7 Å². The van der Waals surface area contributed by atoms with Crippen LogP contribution in [-0.2, 0) is 4.74 Å². The van der Waals surface area contributed by atoms with Crippen molar-refractivity contribution >= 4 is 0 Å². The first-order chi connectivity index (χ1) is 9.19. The van der Waals surface area contributed by atoms with Crippen LogP contribution < -0.4 is 5.32 Å². The van der Waals surface area contributed by atoms with Gasteiger partial charge in [0.25, 0.3) is 0 Å². The van der Waals surface area contributed by atoms with Gasteiger partial charge in [-0.05, 0) is 36.3 Å². The van der Waals surface area contributed by atoms with Crippen molar-refractivity contribution in [3.8, 4) is 0 Å². The van der Waals surface area contributed by atoms with Crippen molar-refractivity contribution in [2.45, 2.75) is 45.3 Å². The Morgan fingerprint density at radius 2 is 1.95 bits per heavy atom. The van der Waals surface area contributed by atoms with Gasteiger partial charge in [-0.3, -0.25) is 0 Å². The molecule has 1 aliphatic carbocycles. The quantitative estimate of drug-likeness (QED) is 0.812. The molecule has 1 fully saturated rings. The molecule has 0 saturated heterocycles. The minimum Gasteiger partial charge on any atom is -0.380 e. The molecule has 1 N–H and O–H groups in total. The highest BCUT2D eigenvalue weighted by Gasteiger charge is 2.46. The highest BCUT2D eigenvalue weighted by molar-refractivity contribution is 5.27. The van der Waals surface area contributed by atoms with Crippen molar-refractivity contribution in [2.75, 3.05) is 13.7 Å². The maximum Gasteiger partial charge on any atom is 0.0749 e. The summed E-state index contributed by atoms with van der Waals surface area (Å²) in [5.41, 5.74) is 1.48. The largest absolute Gasteiger partial charge is 0.380 e. The maximum absolute atomic E-state index is 5.75. The average Bonchev–Trinajstić information content (AvgIpc) is 3.19. The molecule has 2 heteroatoms. The first kappa shape index (κ1) is 14.5. The standard InChI is InChI=1S/C17H27NO/c1-5-18-16(17(19-4)12(2)3)15-11-14(15)13-9-7-6-8-10-13/h6-10,12,14-18H,5,11H2,1-4H3. The molecule has 106 valence electrons. The van der Waals surface area contributed by atoms with E-state index in [1.54, 1.807) is 0 Å². The van der Waals surface area contributed by atoms with E-state index in [2.05, 4.69) is 56.4 Å². The van der Waals surface area contributed by atoms with Crippen molar-refractivity contribution in [1.29, 1.82) is 0 Å². The Balaban J connectivity index is 2.06. The number of ether oxygens (including phenoxy) is 1. The molecule has 19 heavy (non-hydrogen) atoms. The Bertz CT molecular complexity index is 376. The van der Waals surface area contributed by atoms with Gasteiger partial charge in [-0.15, -0.1) is 0 Å². The van der Waals surface area contributed by atoms with Gasteiger partial charge in [-0.2, -0.15) is 0 Å². The molecule has 0 aromatic heterocycles. The third kappa shape index (κ3) is 3.37. The van der Waals surface area contributed by atoms with Crippen molar-refractivity contribution in [3.05, 3.63) is 35.9 Å². The minimum atomic E-state index is 0.304. The van der Waals surface area contributed by atoms with Gasteiger partial charge >= 0.3 is 0 Å². The van der Waals surface area contributed by atoms with Crippen LogP contribution in [-0.4, -0.2) is 25.8 Å². The minimum absolute atomic E-state index is 0.304. The summed E-state index contributed by atoms with van der Waals surface area (Å²) in [4.78, 5) is 0. The Hall–Kier alpha value is -0.860. The monoisotopic (exact) mass is 261 g/mol. The Kier molecular flexibility index (Phi) is 5.00. The number of rotatable bonds is 7. The van der Waals surface area contributed by atoms with Crippen LogP contribution in [0.2, 0.25) is 0 Å². The SMILES string of the molecule is CCNC(C1CC1c1ccccc1)C(OC)C(C)C. The molecular formula is C17H27NO. The Labute approximate surface area is 117 Å². The van der Waals surface area contributed by atoms with Crippen LogP contribution in [0.3, 0.4) is 0 Å². The molecule has 2 nitrogen and oxygen atoms in total. The van der Waals surface area contributed by atoms with E-state index in [0.717, 1.165) is 12.5 Å². The smallest absolute Gasteiger partial charge is 0.0749 e. The van der Waals surface area contributed by atoms with E-state index in [0.29, 0.717) is 24.0 Å².